The molecular formula is C30H25N3O2. The van der Waals surface area contributed by atoms with Crippen LogP contribution in [0.25, 0.3) is 23.4 Å². The highest BCUT2D eigenvalue weighted by atomic mass is 16.2. The van der Waals surface area contributed by atoms with Gasteiger partial charge in [0.05, 0.1) is 17.6 Å². The summed E-state index contributed by atoms with van der Waals surface area (Å²) in [4.78, 5) is 29.5. The fourth-order valence-corrected chi connectivity index (χ4v) is 3.58. The Kier molecular flexibility index (Phi) is 7.28. The maximum Gasteiger partial charge on any atom is 0.255 e. The lowest BCUT2D eigenvalue weighted by Gasteiger charge is -2.09. The van der Waals surface area contributed by atoms with Gasteiger partial charge in [0.25, 0.3) is 11.8 Å². The molecule has 0 aliphatic heterocycles. The van der Waals surface area contributed by atoms with E-state index < -0.39 is 0 Å². The number of nitrogens with one attached hydrogen (secondary N) is 2. The van der Waals surface area contributed by atoms with Crippen molar-refractivity contribution in [3.8, 4) is 11.3 Å². The molecule has 0 radical (unpaired) electrons. The van der Waals surface area contributed by atoms with Crippen molar-refractivity contribution in [2.45, 2.75) is 6.92 Å². The molecule has 0 saturated heterocycles. The molecule has 2 amide bonds. The highest BCUT2D eigenvalue weighted by molar-refractivity contribution is 6.05. The minimum absolute atomic E-state index is 0.183. The molecule has 0 atom stereocenters. The van der Waals surface area contributed by atoms with Gasteiger partial charge in [0.2, 0.25) is 0 Å². The molecule has 5 heteroatoms. The number of rotatable bonds is 7. The summed E-state index contributed by atoms with van der Waals surface area (Å²) >= 11 is 0. The number of hydrogen-bond donors (Lipinski definition) is 2. The van der Waals surface area contributed by atoms with Crippen LogP contribution in [-0.2, 0) is 0 Å². The lowest BCUT2D eigenvalue weighted by Crippen LogP contribution is -2.12. The van der Waals surface area contributed by atoms with Crippen LogP contribution in [0, 0.1) is 0 Å². The highest BCUT2D eigenvalue weighted by Crippen LogP contribution is 2.22. The van der Waals surface area contributed by atoms with Crippen LogP contribution in [0.1, 0.15) is 38.8 Å². The molecule has 5 nitrogen and oxygen atoms in total. The monoisotopic (exact) mass is 459 g/mol. The van der Waals surface area contributed by atoms with Crippen LogP contribution >= 0.6 is 0 Å². The topological polar surface area (TPSA) is 71.1 Å². The minimum atomic E-state index is -0.184. The van der Waals surface area contributed by atoms with Gasteiger partial charge in [-0.15, -0.1) is 0 Å². The van der Waals surface area contributed by atoms with E-state index in [2.05, 4.69) is 22.2 Å². The van der Waals surface area contributed by atoms with Crippen molar-refractivity contribution in [1.82, 2.24) is 4.98 Å². The molecule has 1 aromatic heterocycles. The van der Waals surface area contributed by atoms with Gasteiger partial charge in [-0.05, 0) is 66.6 Å². The maximum absolute atomic E-state index is 12.7. The van der Waals surface area contributed by atoms with Crippen molar-refractivity contribution >= 4 is 35.3 Å². The lowest BCUT2D eigenvalue weighted by molar-refractivity contribution is 0.101. The van der Waals surface area contributed by atoms with Gasteiger partial charge in [-0.25, -0.2) is 0 Å². The van der Waals surface area contributed by atoms with E-state index >= 15 is 0 Å². The van der Waals surface area contributed by atoms with Crippen LogP contribution < -0.4 is 10.6 Å². The van der Waals surface area contributed by atoms with Crippen molar-refractivity contribution < 1.29 is 9.59 Å². The first-order chi connectivity index (χ1) is 17.1. The fraction of sp³-hybridized carbons (Fsp3) is 0.0333. The molecule has 0 unspecified atom stereocenters. The summed E-state index contributed by atoms with van der Waals surface area (Å²) in [7, 11) is 0. The van der Waals surface area contributed by atoms with Crippen LogP contribution in [0.15, 0.2) is 104 Å². The maximum atomic E-state index is 12.7. The zero-order chi connectivity index (χ0) is 24.6. The van der Waals surface area contributed by atoms with Crippen LogP contribution in [0.4, 0.5) is 11.4 Å². The van der Waals surface area contributed by atoms with Crippen molar-refractivity contribution in [1.29, 1.82) is 0 Å². The molecule has 0 spiro atoms. The number of benzene rings is 3. The molecule has 4 rings (SSSR count). The number of carbonyl (C=O) groups is 2. The standard InChI is InChI=1S/C30H25N3O2/c1-3-8-24-19-25(12-11-21(24)4-2)30(35)32-26-15-13-22(14-16-26)28-18-17-27(20-31-28)33-29(34)23-9-6-5-7-10-23/h3-20H,2H2,1H3,(H,32,35)(H,33,34)/b8-3-. The summed E-state index contributed by atoms with van der Waals surface area (Å²) in [5.74, 6) is -0.368. The van der Waals surface area contributed by atoms with Crippen molar-refractivity contribution in [2.24, 2.45) is 0 Å². The summed E-state index contributed by atoms with van der Waals surface area (Å²) in [5.41, 5.74) is 6.04. The minimum Gasteiger partial charge on any atom is -0.322 e. The molecule has 3 aromatic carbocycles. The van der Waals surface area contributed by atoms with Gasteiger partial charge in [-0.1, -0.05) is 61.2 Å². The van der Waals surface area contributed by atoms with Gasteiger partial charge in [0.1, 0.15) is 0 Å². The number of pyridine rings is 1. The van der Waals surface area contributed by atoms with Crippen molar-refractivity contribution in [2.75, 3.05) is 10.6 Å². The van der Waals surface area contributed by atoms with E-state index in [4.69, 9.17) is 0 Å². The van der Waals surface area contributed by atoms with Crippen LogP contribution in [0.3, 0.4) is 0 Å². The first-order valence-corrected chi connectivity index (χ1v) is 11.2. The number of aromatic nitrogens is 1. The molecule has 1 heterocycles. The smallest absolute Gasteiger partial charge is 0.255 e. The second kappa shape index (κ2) is 10.9. The number of carbonyl (C=O) groups excluding carboxylic acids is 2. The molecule has 0 saturated carbocycles. The average Bonchev–Trinajstić information content (AvgIpc) is 2.90. The zero-order valence-electron chi connectivity index (χ0n) is 19.4. The second-order valence-corrected chi connectivity index (χ2v) is 7.83. The number of allylic oxidation sites excluding steroid dienone is 1. The molecular weight excluding hydrogens is 434 g/mol. The van der Waals surface area contributed by atoms with Crippen LogP contribution in [0.5, 0.6) is 0 Å². The molecule has 4 aromatic rings. The molecule has 172 valence electrons. The van der Waals surface area contributed by atoms with Gasteiger partial charge >= 0.3 is 0 Å². The Bertz CT molecular complexity index is 1370. The first kappa shape index (κ1) is 23.4. The number of hydrogen-bond acceptors (Lipinski definition) is 3. The molecule has 35 heavy (non-hydrogen) atoms. The Labute approximate surface area is 204 Å². The van der Waals surface area contributed by atoms with E-state index in [0.29, 0.717) is 22.5 Å². The van der Waals surface area contributed by atoms with E-state index in [-0.39, 0.29) is 11.8 Å². The second-order valence-electron chi connectivity index (χ2n) is 7.83. The quantitative estimate of drug-likeness (QED) is 0.315. The van der Waals surface area contributed by atoms with E-state index in [9.17, 15) is 9.59 Å². The molecule has 0 bridgehead atoms. The number of amides is 2. The molecule has 0 aliphatic carbocycles. The molecule has 2 N–H and O–H groups in total. The first-order valence-electron chi connectivity index (χ1n) is 11.2. The molecule has 0 fully saturated rings. The van der Waals surface area contributed by atoms with Gasteiger partial charge in [0, 0.05) is 22.4 Å². The highest BCUT2D eigenvalue weighted by Gasteiger charge is 2.09. The van der Waals surface area contributed by atoms with E-state index in [1.807, 2.05) is 85.8 Å². The largest absolute Gasteiger partial charge is 0.322 e. The zero-order valence-corrected chi connectivity index (χ0v) is 19.4. The number of anilines is 2. The SMILES string of the molecule is C=Cc1ccc(C(=O)Nc2ccc(-c3ccc(NC(=O)c4ccccc4)cn3)cc2)cc1/C=C\C. The Balaban J connectivity index is 1.41. The Hall–Kier alpha value is -4.77. The third kappa shape index (κ3) is 5.78. The van der Waals surface area contributed by atoms with E-state index in [1.165, 1.54) is 0 Å². The average molecular weight is 460 g/mol. The van der Waals surface area contributed by atoms with E-state index in [0.717, 1.165) is 22.4 Å². The third-order valence-corrected chi connectivity index (χ3v) is 5.41. The van der Waals surface area contributed by atoms with Gasteiger partial charge in [-0.3, -0.25) is 14.6 Å². The summed E-state index contributed by atoms with van der Waals surface area (Å²) in [6.45, 7) is 5.76. The summed E-state index contributed by atoms with van der Waals surface area (Å²) in [6.07, 6.45) is 7.28. The summed E-state index contributed by atoms with van der Waals surface area (Å²) in [6, 6.07) is 25.7. The van der Waals surface area contributed by atoms with E-state index in [1.54, 1.807) is 30.5 Å². The van der Waals surface area contributed by atoms with Crippen molar-refractivity contribution in [3.05, 3.63) is 126 Å². The number of nitrogens with zero attached hydrogens (tertiary/aromatic N) is 1. The Morgan fingerprint density at radius 2 is 1.46 bits per heavy atom. The van der Waals surface area contributed by atoms with Gasteiger partial charge < -0.3 is 10.6 Å². The Morgan fingerprint density at radius 3 is 2.11 bits per heavy atom. The van der Waals surface area contributed by atoms with Gasteiger partial charge in [-0.2, -0.15) is 0 Å². The lowest BCUT2D eigenvalue weighted by atomic mass is 10.0. The predicted octanol–water partition coefficient (Wildman–Crippen LogP) is 6.93. The summed E-state index contributed by atoms with van der Waals surface area (Å²) < 4.78 is 0. The fourth-order valence-electron chi connectivity index (χ4n) is 3.58. The predicted molar refractivity (Wildman–Crippen MR) is 143 cm³/mol. The van der Waals surface area contributed by atoms with Crippen LogP contribution in [0.2, 0.25) is 0 Å². The van der Waals surface area contributed by atoms with Crippen LogP contribution in [-0.4, -0.2) is 16.8 Å². The third-order valence-electron chi connectivity index (χ3n) is 5.41. The normalized spacial score (nSPS) is 10.7. The summed E-state index contributed by atoms with van der Waals surface area (Å²) in [5, 5.41) is 5.78. The van der Waals surface area contributed by atoms with Crippen molar-refractivity contribution in [3.63, 3.8) is 0 Å². The molecule has 0 aliphatic rings. The Morgan fingerprint density at radius 1 is 0.771 bits per heavy atom. The van der Waals surface area contributed by atoms with Gasteiger partial charge in [0.15, 0.2) is 0 Å².